The smallest absolute Gasteiger partial charge is 0.310 e. The van der Waals surface area contributed by atoms with E-state index in [1.54, 1.807) is 11.0 Å². The zero-order valence-corrected chi connectivity index (χ0v) is 20.9. The molecule has 1 spiro atoms. The van der Waals surface area contributed by atoms with Crippen LogP contribution in [-0.4, -0.2) is 69.8 Å². The fourth-order valence-electron chi connectivity index (χ4n) is 6.67. The molecule has 2 amide bonds. The van der Waals surface area contributed by atoms with Gasteiger partial charge in [-0.15, -0.1) is 6.58 Å². The molecule has 8 heteroatoms. The second-order valence-corrected chi connectivity index (χ2v) is 10.6. The second kappa shape index (κ2) is 9.39. The summed E-state index contributed by atoms with van der Waals surface area (Å²) in [7, 11) is 0. The van der Waals surface area contributed by atoms with E-state index in [2.05, 4.69) is 6.58 Å². The molecule has 3 aliphatic heterocycles. The Hall–Kier alpha value is -2.71. The number of aliphatic hydroxyl groups is 1. The number of carbonyl (C=O) groups excluding carboxylic acids is 2. The SMILES string of the molecule is C=CCN(C(=O)C1N([C@@H](CO)CC(C)C)C(=O)[C@@H]2[C@H](C(=O)O)[C@@H]3CCC12O3)c1c(C)cccc1C. The van der Waals surface area contributed by atoms with E-state index < -0.39 is 47.5 Å². The minimum absolute atomic E-state index is 0.157. The lowest BCUT2D eigenvalue weighted by molar-refractivity contribution is -0.151. The minimum atomic E-state index is -1.22. The highest BCUT2D eigenvalue weighted by Gasteiger charge is 2.75. The Morgan fingerprint density at radius 2 is 1.97 bits per heavy atom. The maximum absolute atomic E-state index is 14.5. The molecule has 0 saturated carbocycles. The predicted molar refractivity (Wildman–Crippen MR) is 131 cm³/mol. The molecular weight excluding hydrogens is 448 g/mol. The van der Waals surface area contributed by atoms with Crippen LogP contribution in [0, 0.1) is 31.6 Å². The summed E-state index contributed by atoms with van der Waals surface area (Å²) in [6.45, 7) is 11.6. The van der Waals surface area contributed by atoms with Gasteiger partial charge in [-0.2, -0.15) is 0 Å². The normalized spacial score (nSPS) is 30.0. The van der Waals surface area contributed by atoms with E-state index in [0.29, 0.717) is 19.3 Å². The van der Waals surface area contributed by atoms with Crippen LogP contribution in [0.2, 0.25) is 0 Å². The molecule has 1 aromatic rings. The quantitative estimate of drug-likeness (QED) is 0.522. The van der Waals surface area contributed by atoms with Crippen LogP contribution in [0.1, 0.15) is 44.2 Å². The lowest BCUT2D eigenvalue weighted by Gasteiger charge is -2.40. The molecular formula is C27H36N2O6. The van der Waals surface area contributed by atoms with E-state index in [-0.39, 0.29) is 25.0 Å². The van der Waals surface area contributed by atoms with Crippen molar-refractivity contribution < 1.29 is 29.3 Å². The molecule has 35 heavy (non-hydrogen) atoms. The van der Waals surface area contributed by atoms with Gasteiger partial charge in [0.1, 0.15) is 11.6 Å². The minimum Gasteiger partial charge on any atom is -0.481 e. The maximum Gasteiger partial charge on any atom is 0.310 e. The fraction of sp³-hybridized carbons (Fsp3) is 0.593. The van der Waals surface area contributed by atoms with Crippen LogP contribution < -0.4 is 4.90 Å². The molecule has 190 valence electrons. The van der Waals surface area contributed by atoms with Gasteiger partial charge in [-0.3, -0.25) is 14.4 Å². The van der Waals surface area contributed by atoms with Gasteiger partial charge in [-0.1, -0.05) is 38.1 Å². The van der Waals surface area contributed by atoms with Crippen LogP contribution in [0.5, 0.6) is 0 Å². The number of carboxylic acids is 1. The number of para-hydroxylation sites is 1. The summed E-state index contributed by atoms with van der Waals surface area (Å²) in [5, 5.41) is 20.3. The summed E-state index contributed by atoms with van der Waals surface area (Å²) in [6.07, 6.45) is 2.45. The fourth-order valence-corrected chi connectivity index (χ4v) is 6.67. The van der Waals surface area contributed by atoms with Gasteiger partial charge < -0.3 is 24.7 Å². The van der Waals surface area contributed by atoms with Crippen molar-refractivity contribution in [3.8, 4) is 0 Å². The number of nitrogens with zero attached hydrogens (tertiary/aromatic N) is 2. The highest BCUT2D eigenvalue weighted by molar-refractivity contribution is 6.05. The number of carboxylic acid groups (broad SMARTS) is 1. The van der Waals surface area contributed by atoms with E-state index in [1.165, 1.54) is 4.90 Å². The number of rotatable bonds is 9. The summed E-state index contributed by atoms with van der Waals surface area (Å²) < 4.78 is 6.32. The Bertz CT molecular complexity index is 1020. The second-order valence-electron chi connectivity index (χ2n) is 10.6. The first-order valence-electron chi connectivity index (χ1n) is 12.4. The van der Waals surface area contributed by atoms with E-state index >= 15 is 0 Å². The molecule has 0 aromatic heterocycles. The van der Waals surface area contributed by atoms with Gasteiger partial charge in [0.25, 0.3) is 5.91 Å². The van der Waals surface area contributed by atoms with Gasteiger partial charge in [0, 0.05) is 12.2 Å². The molecule has 3 heterocycles. The van der Waals surface area contributed by atoms with Crippen molar-refractivity contribution in [2.45, 2.75) is 70.7 Å². The molecule has 4 rings (SSSR count). The van der Waals surface area contributed by atoms with Crippen LogP contribution >= 0.6 is 0 Å². The van der Waals surface area contributed by atoms with Crippen molar-refractivity contribution in [1.29, 1.82) is 0 Å². The first-order valence-corrected chi connectivity index (χ1v) is 12.4. The molecule has 3 saturated heterocycles. The van der Waals surface area contributed by atoms with Gasteiger partial charge in [0.2, 0.25) is 5.91 Å². The number of benzene rings is 1. The zero-order valence-electron chi connectivity index (χ0n) is 20.9. The van der Waals surface area contributed by atoms with Crippen molar-refractivity contribution in [3.63, 3.8) is 0 Å². The standard InChI is InChI=1S/C27H36N2O6/c1-6-12-28(22-16(4)8-7-9-17(22)5)25(32)23-27-11-10-19(35-27)20(26(33)34)21(27)24(31)29(23)18(14-30)13-15(2)3/h6-9,15,18-21,23,30H,1,10-14H2,2-5H3,(H,33,34)/t18-,19+,20-,21+,23?,27?/m1/s1. The number of aryl methyl sites for hydroxylation is 2. The van der Waals surface area contributed by atoms with Crippen molar-refractivity contribution >= 4 is 23.5 Å². The number of aliphatic hydroxyl groups excluding tert-OH is 1. The molecule has 0 aliphatic carbocycles. The first-order chi connectivity index (χ1) is 16.6. The largest absolute Gasteiger partial charge is 0.481 e. The van der Waals surface area contributed by atoms with Crippen LogP contribution in [0.3, 0.4) is 0 Å². The number of aliphatic carboxylic acids is 1. The van der Waals surface area contributed by atoms with Crippen molar-refractivity contribution in [2.24, 2.45) is 17.8 Å². The third kappa shape index (κ3) is 3.87. The van der Waals surface area contributed by atoms with Crippen molar-refractivity contribution in [3.05, 3.63) is 42.0 Å². The average molecular weight is 485 g/mol. The molecule has 2 unspecified atom stereocenters. The van der Waals surface area contributed by atoms with Gasteiger partial charge in [-0.25, -0.2) is 0 Å². The van der Waals surface area contributed by atoms with E-state index in [9.17, 15) is 24.6 Å². The summed E-state index contributed by atoms with van der Waals surface area (Å²) in [5.41, 5.74) is 1.34. The van der Waals surface area contributed by atoms with E-state index in [0.717, 1.165) is 16.8 Å². The van der Waals surface area contributed by atoms with Gasteiger partial charge >= 0.3 is 5.97 Å². The Morgan fingerprint density at radius 1 is 1.31 bits per heavy atom. The average Bonchev–Trinajstić information content (AvgIpc) is 3.43. The Balaban J connectivity index is 1.87. The number of likely N-dealkylation sites (tertiary alicyclic amines) is 1. The third-order valence-electron chi connectivity index (χ3n) is 7.89. The number of ether oxygens (including phenoxy) is 1. The number of carbonyl (C=O) groups is 3. The summed E-state index contributed by atoms with van der Waals surface area (Å²) in [4.78, 5) is 43.7. The monoisotopic (exact) mass is 484 g/mol. The maximum atomic E-state index is 14.5. The Kier molecular flexibility index (Phi) is 6.81. The van der Waals surface area contributed by atoms with E-state index in [1.807, 2.05) is 45.9 Å². The van der Waals surface area contributed by atoms with Crippen LogP contribution in [0.4, 0.5) is 5.69 Å². The summed E-state index contributed by atoms with van der Waals surface area (Å²) in [5.74, 6) is -3.60. The molecule has 0 radical (unpaired) electrons. The number of fused-ring (bicyclic) bond motifs is 1. The van der Waals surface area contributed by atoms with Gasteiger partial charge in [-0.05, 0) is 50.2 Å². The number of amides is 2. The highest BCUT2D eigenvalue weighted by Crippen LogP contribution is 2.59. The van der Waals surface area contributed by atoms with E-state index in [4.69, 9.17) is 4.74 Å². The van der Waals surface area contributed by atoms with Crippen LogP contribution in [-0.2, 0) is 19.1 Å². The number of hydrogen-bond donors (Lipinski definition) is 2. The third-order valence-corrected chi connectivity index (χ3v) is 7.89. The topological polar surface area (TPSA) is 107 Å². The zero-order chi connectivity index (χ0) is 25.7. The summed E-state index contributed by atoms with van der Waals surface area (Å²) >= 11 is 0. The van der Waals surface area contributed by atoms with Crippen LogP contribution in [0.15, 0.2) is 30.9 Å². The lowest BCUT2D eigenvalue weighted by Crippen LogP contribution is -2.59. The molecule has 3 fully saturated rings. The first kappa shape index (κ1) is 25.4. The molecule has 6 atom stereocenters. The summed E-state index contributed by atoms with van der Waals surface area (Å²) in [6, 6.07) is 4.14. The van der Waals surface area contributed by atoms with Crippen molar-refractivity contribution in [1.82, 2.24) is 4.90 Å². The molecule has 8 nitrogen and oxygen atoms in total. The van der Waals surface area contributed by atoms with Crippen LogP contribution in [0.25, 0.3) is 0 Å². The molecule has 3 aliphatic rings. The molecule has 2 bridgehead atoms. The van der Waals surface area contributed by atoms with Gasteiger partial charge in [0.05, 0.1) is 30.6 Å². The predicted octanol–water partition coefficient (Wildman–Crippen LogP) is 2.69. The molecule has 2 N–H and O–H groups in total. The van der Waals surface area contributed by atoms with Gasteiger partial charge in [0.15, 0.2) is 0 Å². The Morgan fingerprint density at radius 3 is 2.51 bits per heavy atom. The number of anilines is 1. The molecule has 1 aromatic carbocycles. The number of hydrogen-bond acceptors (Lipinski definition) is 5. The lowest BCUT2D eigenvalue weighted by atomic mass is 9.70. The van der Waals surface area contributed by atoms with Crippen molar-refractivity contribution in [2.75, 3.05) is 18.1 Å². The Labute approximate surface area is 206 Å². The highest BCUT2D eigenvalue weighted by atomic mass is 16.5.